The smallest absolute Gasteiger partial charge is 0.214 e. The highest BCUT2D eigenvalue weighted by Gasteiger charge is 2.12. The molecule has 0 aromatic carbocycles. The fourth-order valence-electron chi connectivity index (χ4n) is 1.61. The van der Waals surface area contributed by atoms with Gasteiger partial charge in [-0.15, -0.1) is 0 Å². The van der Waals surface area contributed by atoms with E-state index in [-0.39, 0.29) is 6.10 Å². The molecular formula is C11H17N3O2. The summed E-state index contributed by atoms with van der Waals surface area (Å²) in [5.74, 6) is 0.618. The maximum Gasteiger partial charge on any atom is 0.214 e. The zero-order valence-electron chi connectivity index (χ0n) is 9.40. The molecule has 2 rings (SSSR count). The van der Waals surface area contributed by atoms with Crippen LogP contribution >= 0.6 is 0 Å². The minimum Gasteiger partial charge on any atom is -0.481 e. The molecule has 5 heteroatoms. The molecule has 0 bridgehead atoms. The van der Waals surface area contributed by atoms with E-state index in [1.54, 1.807) is 13.3 Å². The average Bonchev–Trinajstić information content (AvgIpc) is 2.38. The molecule has 1 aliphatic rings. The molecule has 2 heterocycles. The number of nitrogens with one attached hydrogen (secondary N) is 2. The summed E-state index contributed by atoms with van der Waals surface area (Å²) in [6.07, 6.45) is 1.95. The Morgan fingerprint density at radius 3 is 3.38 bits per heavy atom. The van der Waals surface area contributed by atoms with E-state index in [9.17, 15) is 0 Å². The monoisotopic (exact) mass is 223 g/mol. The number of hydrogen-bond acceptors (Lipinski definition) is 5. The number of methoxy groups -OCH3 is 1. The van der Waals surface area contributed by atoms with Crippen molar-refractivity contribution in [1.29, 1.82) is 0 Å². The van der Waals surface area contributed by atoms with Gasteiger partial charge in [-0.25, -0.2) is 4.98 Å². The predicted molar refractivity (Wildman–Crippen MR) is 61.9 cm³/mol. The maximum atomic E-state index is 5.58. The maximum absolute atomic E-state index is 5.58. The van der Waals surface area contributed by atoms with Crippen LogP contribution in [0.3, 0.4) is 0 Å². The zero-order chi connectivity index (χ0) is 11.2. The molecule has 0 radical (unpaired) electrons. The molecular weight excluding hydrogens is 206 g/mol. The van der Waals surface area contributed by atoms with Gasteiger partial charge in [0.25, 0.3) is 0 Å². The van der Waals surface area contributed by atoms with Gasteiger partial charge in [-0.05, 0) is 6.07 Å². The van der Waals surface area contributed by atoms with E-state index in [1.165, 1.54) is 0 Å². The minimum absolute atomic E-state index is 0.230. The van der Waals surface area contributed by atoms with E-state index in [2.05, 4.69) is 15.6 Å². The Kier molecular flexibility index (Phi) is 3.96. The Morgan fingerprint density at radius 1 is 1.69 bits per heavy atom. The summed E-state index contributed by atoms with van der Waals surface area (Å²) in [4.78, 5) is 4.05. The number of pyridine rings is 1. The zero-order valence-corrected chi connectivity index (χ0v) is 9.40. The first-order valence-corrected chi connectivity index (χ1v) is 5.45. The second-order valence-corrected chi connectivity index (χ2v) is 3.66. The van der Waals surface area contributed by atoms with Crippen molar-refractivity contribution in [3.8, 4) is 5.88 Å². The largest absolute Gasteiger partial charge is 0.481 e. The van der Waals surface area contributed by atoms with Crippen LogP contribution in [0.15, 0.2) is 18.3 Å². The molecule has 0 spiro atoms. The van der Waals surface area contributed by atoms with Crippen molar-refractivity contribution in [2.75, 3.05) is 38.7 Å². The Hall–Kier alpha value is -1.33. The summed E-state index contributed by atoms with van der Waals surface area (Å²) in [6, 6.07) is 3.79. The van der Waals surface area contributed by atoms with Crippen LogP contribution in [0.1, 0.15) is 0 Å². The Balaban J connectivity index is 1.83. The number of anilines is 1. The third-order valence-corrected chi connectivity index (χ3v) is 2.48. The molecule has 1 aromatic rings. The molecule has 1 fully saturated rings. The molecule has 0 amide bonds. The number of rotatable bonds is 4. The van der Waals surface area contributed by atoms with Gasteiger partial charge in [-0.1, -0.05) is 0 Å². The van der Waals surface area contributed by atoms with Crippen LogP contribution in [-0.2, 0) is 4.74 Å². The number of morpholine rings is 1. The van der Waals surface area contributed by atoms with Crippen LogP contribution in [0, 0.1) is 0 Å². The van der Waals surface area contributed by atoms with Crippen LogP contribution in [0.5, 0.6) is 5.88 Å². The summed E-state index contributed by atoms with van der Waals surface area (Å²) < 4.78 is 10.6. The minimum atomic E-state index is 0.230. The molecule has 1 saturated heterocycles. The van der Waals surface area contributed by atoms with Gasteiger partial charge in [0.1, 0.15) is 0 Å². The lowest BCUT2D eigenvalue weighted by Crippen LogP contribution is -2.42. The topological polar surface area (TPSA) is 55.4 Å². The van der Waals surface area contributed by atoms with Crippen LogP contribution in [0.2, 0.25) is 0 Å². The molecule has 0 aliphatic carbocycles. The van der Waals surface area contributed by atoms with Crippen molar-refractivity contribution in [2.24, 2.45) is 0 Å². The third kappa shape index (κ3) is 3.08. The molecule has 16 heavy (non-hydrogen) atoms. The fraction of sp³-hybridized carbons (Fsp3) is 0.545. The SMILES string of the molecule is COc1cc(NCC2CNCCO2)ccn1. The molecule has 1 atom stereocenters. The van der Waals surface area contributed by atoms with E-state index >= 15 is 0 Å². The molecule has 2 N–H and O–H groups in total. The standard InChI is InChI=1S/C11H17N3O2/c1-15-11-6-9(2-3-13-11)14-8-10-7-12-4-5-16-10/h2-3,6,10,12H,4-5,7-8H2,1H3,(H,13,14). The third-order valence-electron chi connectivity index (χ3n) is 2.48. The fourth-order valence-corrected chi connectivity index (χ4v) is 1.61. The Morgan fingerprint density at radius 2 is 2.62 bits per heavy atom. The summed E-state index contributed by atoms with van der Waals surface area (Å²) in [7, 11) is 1.61. The quantitative estimate of drug-likeness (QED) is 0.778. The van der Waals surface area contributed by atoms with E-state index in [1.807, 2.05) is 12.1 Å². The van der Waals surface area contributed by atoms with Crippen molar-refractivity contribution >= 4 is 5.69 Å². The highest BCUT2D eigenvalue weighted by molar-refractivity contribution is 5.45. The number of hydrogen-bond donors (Lipinski definition) is 2. The lowest BCUT2D eigenvalue weighted by molar-refractivity contribution is 0.0372. The van der Waals surface area contributed by atoms with E-state index in [4.69, 9.17) is 9.47 Å². The molecule has 1 aliphatic heterocycles. The Labute approximate surface area is 95.2 Å². The lowest BCUT2D eigenvalue weighted by Gasteiger charge is -2.24. The van der Waals surface area contributed by atoms with E-state index in [0.717, 1.165) is 31.9 Å². The summed E-state index contributed by atoms with van der Waals surface area (Å²) in [5, 5.41) is 6.60. The highest BCUT2D eigenvalue weighted by Crippen LogP contribution is 2.13. The van der Waals surface area contributed by atoms with Crippen molar-refractivity contribution in [3.63, 3.8) is 0 Å². The Bertz CT molecular complexity index is 327. The first-order chi connectivity index (χ1) is 7.88. The van der Waals surface area contributed by atoms with E-state index < -0.39 is 0 Å². The van der Waals surface area contributed by atoms with Crippen molar-refractivity contribution < 1.29 is 9.47 Å². The van der Waals surface area contributed by atoms with Crippen LogP contribution in [0.25, 0.3) is 0 Å². The van der Waals surface area contributed by atoms with Crippen LogP contribution < -0.4 is 15.4 Å². The molecule has 0 saturated carbocycles. The summed E-state index contributed by atoms with van der Waals surface area (Å²) in [6.45, 7) is 3.42. The molecule has 1 aromatic heterocycles. The van der Waals surface area contributed by atoms with Gasteiger partial charge in [0.15, 0.2) is 0 Å². The predicted octanol–water partition coefficient (Wildman–Crippen LogP) is 0.490. The van der Waals surface area contributed by atoms with Gasteiger partial charge in [-0.2, -0.15) is 0 Å². The summed E-state index contributed by atoms with van der Waals surface area (Å²) in [5.41, 5.74) is 1.00. The second-order valence-electron chi connectivity index (χ2n) is 3.66. The number of nitrogens with zero attached hydrogens (tertiary/aromatic N) is 1. The van der Waals surface area contributed by atoms with Gasteiger partial charge < -0.3 is 20.1 Å². The van der Waals surface area contributed by atoms with Gasteiger partial charge in [-0.3, -0.25) is 0 Å². The molecule has 1 unspecified atom stereocenters. The number of ether oxygens (including phenoxy) is 2. The summed E-state index contributed by atoms with van der Waals surface area (Å²) >= 11 is 0. The average molecular weight is 223 g/mol. The van der Waals surface area contributed by atoms with Gasteiger partial charge in [0.05, 0.1) is 19.8 Å². The van der Waals surface area contributed by atoms with Gasteiger partial charge in [0, 0.05) is 37.6 Å². The van der Waals surface area contributed by atoms with E-state index in [0.29, 0.717) is 5.88 Å². The van der Waals surface area contributed by atoms with Crippen LogP contribution in [-0.4, -0.2) is 44.4 Å². The van der Waals surface area contributed by atoms with Gasteiger partial charge >= 0.3 is 0 Å². The van der Waals surface area contributed by atoms with Crippen molar-refractivity contribution in [1.82, 2.24) is 10.3 Å². The molecule has 5 nitrogen and oxygen atoms in total. The lowest BCUT2D eigenvalue weighted by atomic mass is 10.3. The molecule has 88 valence electrons. The first-order valence-electron chi connectivity index (χ1n) is 5.45. The number of aromatic nitrogens is 1. The first kappa shape index (κ1) is 11.2. The normalized spacial score (nSPS) is 20.4. The van der Waals surface area contributed by atoms with Crippen LogP contribution in [0.4, 0.5) is 5.69 Å². The van der Waals surface area contributed by atoms with Crippen molar-refractivity contribution in [2.45, 2.75) is 6.10 Å². The second kappa shape index (κ2) is 5.67. The van der Waals surface area contributed by atoms with Gasteiger partial charge in [0.2, 0.25) is 5.88 Å². The highest BCUT2D eigenvalue weighted by atomic mass is 16.5. The van der Waals surface area contributed by atoms with Crippen molar-refractivity contribution in [3.05, 3.63) is 18.3 Å².